The highest BCUT2D eigenvalue weighted by Gasteiger charge is 2.14. The van der Waals surface area contributed by atoms with Gasteiger partial charge in [0.2, 0.25) is 10.0 Å². The number of nitrogens with two attached hydrogens (primary N) is 2. The van der Waals surface area contributed by atoms with Gasteiger partial charge in [0.05, 0.1) is 17.0 Å². The molecule has 0 aliphatic heterocycles. The summed E-state index contributed by atoms with van der Waals surface area (Å²) in [6, 6.07) is 6.22. The zero-order valence-corrected chi connectivity index (χ0v) is 10.7. The average molecular weight is 271 g/mol. The van der Waals surface area contributed by atoms with Crippen molar-refractivity contribution in [1.29, 1.82) is 0 Å². The Morgan fingerprint density at radius 1 is 1.22 bits per heavy atom. The Hall–Kier alpha value is -1.60. The van der Waals surface area contributed by atoms with E-state index in [1.54, 1.807) is 12.1 Å². The molecule has 1 aromatic rings. The maximum atomic E-state index is 11.7. The van der Waals surface area contributed by atoms with Gasteiger partial charge < -0.3 is 11.5 Å². The van der Waals surface area contributed by atoms with Crippen molar-refractivity contribution in [3.8, 4) is 0 Å². The van der Waals surface area contributed by atoms with E-state index in [2.05, 4.69) is 4.72 Å². The monoisotopic (exact) mass is 271 g/mol. The minimum absolute atomic E-state index is 0.0305. The Balaban J connectivity index is 2.81. The van der Waals surface area contributed by atoms with Crippen LogP contribution in [0.5, 0.6) is 0 Å². The molecule has 6 nitrogen and oxygen atoms in total. The van der Waals surface area contributed by atoms with E-state index in [1.807, 2.05) is 0 Å². The summed E-state index contributed by atoms with van der Waals surface area (Å²) < 4.78 is 25.8. The second-order valence-electron chi connectivity index (χ2n) is 3.83. The van der Waals surface area contributed by atoms with Crippen LogP contribution in [0.4, 0.5) is 5.69 Å². The van der Waals surface area contributed by atoms with E-state index < -0.39 is 15.9 Å². The highest BCUT2D eigenvalue weighted by molar-refractivity contribution is 7.92. The normalized spacial score (nSPS) is 11.2. The second-order valence-corrected chi connectivity index (χ2v) is 5.67. The zero-order chi connectivity index (χ0) is 13.6. The number of nitrogens with one attached hydrogen (secondary N) is 1. The number of carbonyl (C=O) groups excluding carboxylic acids is 1. The molecule has 7 heteroatoms. The molecule has 0 saturated heterocycles. The van der Waals surface area contributed by atoms with Gasteiger partial charge in [-0.25, -0.2) is 8.42 Å². The fourth-order valence-corrected chi connectivity index (χ4v) is 2.64. The van der Waals surface area contributed by atoms with Crippen LogP contribution in [-0.4, -0.2) is 26.6 Å². The summed E-state index contributed by atoms with van der Waals surface area (Å²) in [4.78, 5) is 11.1. The first-order valence-electron chi connectivity index (χ1n) is 5.55. The molecule has 0 aliphatic carbocycles. The lowest BCUT2D eigenvalue weighted by molar-refractivity contribution is 0.100. The lowest BCUT2D eigenvalue weighted by Crippen LogP contribution is -2.21. The molecule has 0 aliphatic rings. The number of hydrogen-bond donors (Lipinski definition) is 3. The molecule has 0 aromatic heterocycles. The zero-order valence-electron chi connectivity index (χ0n) is 9.93. The third-order valence-corrected chi connectivity index (χ3v) is 3.68. The number of hydrogen-bond acceptors (Lipinski definition) is 4. The molecule has 0 heterocycles. The van der Waals surface area contributed by atoms with Crippen LogP contribution in [0.25, 0.3) is 0 Å². The quantitative estimate of drug-likeness (QED) is 0.617. The molecule has 100 valence electrons. The number of primary amides is 1. The molecule has 0 radical (unpaired) electrons. The minimum atomic E-state index is -3.48. The second kappa shape index (κ2) is 6.36. The maximum absolute atomic E-state index is 11.7. The summed E-state index contributed by atoms with van der Waals surface area (Å²) in [6.45, 7) is 0.452. The highest BCUT2D eigenvalue weighted by atomic mass is 32.2. The van der Waals surface area contributed by atoms with Crippen molar-refractivity contribution in [1.82, 2.24) is 0 Å². The van der Waals surface area contributed by atoms with Crippen molar-refractivity contribution < 1.29 is 13.2 Å². The van der Waals surface area contributed by atoms with Gasteiger partial charge in [-0.2, -0.15) is 0 Å². The molecule has 0 unspecified atom stereocenters. The first-order valence-corrected chi connectivity index (χ1v) is 7.21. The molecule has 0 atom stereocenters. The molecular formula is C11H17N3O3S. The number of anilines is 1. The summed E-state index contributed by atoms with van der Waals surface area (Å²) in [7, 11) is -3.48. The van der Waals surface area contributed by atoms with Crippen LogP contribution in [-0.2, 0) is 10.0 Å². The van der Waals surface area contributed by atoms with E-state index in [9.17, 15) is 13.2 Å². The lowest BCUT2D eigenvalue weighted by Gasteiger charge is -2.10. The molecule has 1 rings (SSSR count). The molecule has 0 fully saturated rings. The Morgan fingerprint density at radius 3 is 2.50 bits per heavy atom. The number of para-hydroxylation sites is 1. The minimum Gasteiger partial charge on any atom is -0.366 e. The van der Waals surface area contributed by atoms with Gasteiger partial charge >= 0.3 is 0 Å². The van der Waals surface area contributed by atoms with Gasteiger partial charge in [0.25, 0.3) is 5.91 Å². The number of amides is 1. The first-order chi connectivity index (χ1) is 8.46. The van der Waals surface area contributed by atoms with Crippen molar-refractivity contribution in [3.63, 3.8) is 0 Å². The summed E-state index contributed by atoms with van der Waals surface area (Å²) in [5.74, 6) is -0.702. The van der Waals surface area contributed by atoms with Gasteiger partial charge in [-0.3, -0.25) is 9.52 Å². The number of unbranched alkanes of at least 4 members (excludes halogenated alkanes) is 1. The van der Waals surface area contributed by atoms with E-state index in [-0.39, 0.29) is 17.0 Å². The Morgan fingerprint density at radius 2 is 1.89 bits per heavy atom. The van der Waals surface area contributed by atoms with E-state index in [1.165, 1.54) is 12.1 Å². The summed E-state index contributed by atoms with van der Waals surface area (Å²) in [6.07, 6.45) is 1.11. The Kier molecular flexibility index (Phi) is 5.11. The molecule has 0 bridgehead atoms. The smallest absolute Gasteiger partial charge is 0.250 e. The van der Waals surface area contributed by atoms with Crippen molar-refractivity contribution in [3.05, 3.63) is 29.8 Å². The summed E-state index contributed by atoms with van der Waals surface area (Å²) in [5, 5.41) is 0. The third kappa shape index (κ3) is 4.34. The van der Waals surface area contributed by atoms with Crippen molar-refractivity contribution in [2.24, 2.45) is 11.5 Å². The van der Waals surface area contributed by atoms with E-state index in [4.69, 9.17) is 11.5 Å². The molecule has 18 heavy (non-hydrogen) atoms. The summed E-state index contributed by atoms with van der Waals surface area (Å²) in [5.41, 5.74) is 10.8. The Labute approximate surface area is 106 Å². The number of benzene rings is 1. The molecule has 0 saturated carbocycles. The summed E-state index contributed by atoms with van der Waals surface area (Å²) >= 11 is 0. The average Bonchev–Trinajstić information content (AvgIpc) is 2.29. The van der Waals surface area contributed by atoms with Crippen molar-refractivity contribution >= 4 is 21.6 Å². The Bertz CT molecular complexity index is 514. The van der Waals surface area contributed by atoms with Gasteiger partial charge in [0, 0.05) is 0 Å². The maximum Gasteiger partial charge on any atom is 0.250 e. The van der Waals surface area contributed by atoms with Crippen LogP contribution < -0.4 is 16.2 Å². The topological polar surface area (TPSA) is 115 Å². The van der Waals surface area contributed by atoms with Gasteiger partial charge in [-0.05, 0) is 31.5 Å². The number of sulfonamides is 1. The largest absolute Gasteiger partial charge is 0.366 e. The standard InChI is InChI=1S/C11H17N3O3S/c12-7-3-4-8-18(16,17)14-10-6-2-1-5-9(10)11(13)15/h1-2,5-6,14H,3-4,7-8,12H2,(H2,13,15). The molecule has 1 amide bonds. The predicted octanol–water partition coefficient (Wildman–Crippen LogP) is 0.266. The first kappa shape index (κ1) is 14.5. The van der Waals surface area contributed by atoms with Crippen LogP contribution in [0.2, 0.25) is 0 Å². The lowest BCUT2D eigenvalue weighted by atomic mass is 10.2. The van der Waals surface area contributed by atoms with Crippen LogP contribution in [0.15, 0.2) is 24.3 Å². The van der Waals surface area contributed by atoms with E-state index >= 15 is 0 Å². The van der Waals surface area contributed by atoms with Gasteiger partial charge in [0.15, 0.2) is 0 Å². The number of carbonyl (C=O) groups is 1. The molecule has 1 aromatic carbocycles. The predicted molar refractivity (Wildman–Crippen MR) is 70.7 cm³/mol. The third-order valence-electron chi connectivity index (χ3n) is 2.33. The highest BCUT2D eigenvalue weighted by Crippen LogP contribution is 2.16. The fraction of sp³-hybridized carbons (Fsp3) is 0.364. The van der Waals surface area contributed by atoms with Crippen LogP contribution in [0, 0.1) is 0 Å². The van der Waals surface area contributed by atoms with Gasteiger partial charge in [-0.15, -0.1) is 0 Å². The molecule has 5 N–H and O–H groups in total. The number of rotatable bonds is 7. The van der Waals surface area contributed by atoms with Gasteiger partial charge in [-0.1, -0.05) is 12.1 Å². The van der Waals surface area contributed by atoms with Crippen molar-refractivity contribution in [2.75, 3.05) is 17.0 Å². The van der Waals surface area contributed by atoms with Crippen molar-refractivity contribution in [2.45, 2.75) is 12.8 Å². The van der Waals surface area contributed by atoms with E-state index in [0.717, 1.165) is 0 Å². The molecular weight excluding hydrogens is 254 g/mol. The molecule has 0 spiro atoms. The van der Waals surface area contributed by atoms with Crippen LogP contribution in [0.3, 0.4) is 0 Å². The van der Waals surface area contributed by atoms with Crippen LogP contribution in [0.1, 0.15) is 23.2 Å². The van der Waals surface area contributed by atoms with Gasteiger partial charge in [0.1, 0.15) is 0 Å². The van der Waals surface area contributed by atoms with Crippen LogP contribution >= 0.6 is 0 Å². The van der Waals surface area contributed by atoms with E-state index in [0.29, 0.717) is 19.4 Å². The SMILES string of the molecule is NCCCCS(=O)(=O)Nc1ccccc1C(N)=O. The fourth-order valence-electron chi connectivity index (χ4n) is 1.44.